The molecule has 1 aliphatic heterocycles. The summed E-state index contributed by atoms with van der Waals surface area (Å²) in [4.78, 5) is 21.1. The molecule has 6 heteroatoms. The number of hydrogen-bond donors (Lipinski definition) is 1. The molecule has 2 heterocycles. The number of carbonyl (C=O) groups is 1. The molecule has 0 radical (unpaired) electrons. The third-order valence-electron chi connectivity index (χ3n) is 5.16. The standard InChI is InChI=1S/C23H27N3O2S/c1-17(2)16-28-19-7-5-6-18(14-19)23(27)26-12-10-25(11-13-26)15-22-24-20-8-3-4-9-21(20)29-22/h3-9,14,17H,10-13,15-16H2,1-2H3/p+1. The third kappa shape index (κ3) is 4.95. The van der Waals surface area contributed by atoms with Crippen LogP contribution in [-0.2, 0) is 6.54 Å². The fourth-order valence-corrected chi connectivity index (χ4v) is 4.62. The largest absolute Gasteiger partial charge is 0.493 e. The van der Waals surface area contributed by atoms with E-state index in [1.165, 1.54) is 14.6 Å². The van der Waals surface area contributed by atoms with Crippen LogP contribution in [-0.4, -0.2) is 48.6 Å². The minimum Gasteiger partial charge on any atom is -0.493 e. The number of fused-ring (bicyclic) bond motifs is 1. The second-order valence-corrected chi connectivity index (χ2v) is 9.14. The number of amides is 1. The molecule has 0 aliphatic carbocycles. The van der Waals surface area contributed by atoms with Crippen LogP contribution in [0.2, 0.25) is 0 Å². The number of nitrogens with one attached hydrogen (secondary N) is 1. The van der Waals surface area contributed by atoms with Gasteiger partial charge in [0.25, 0.3) is 5.91 Å². The number of hydrogen-bond acceptors (Lipinski definition) is 4. The molecule has 1 fully saturated rings. The molecule has 4 rings (SSSR count). The normalized spacial score (nSPS) is 15.2. The van der Waals surface area contributed by atoms with E-state index in [1.54, 1.807) is 11.3 Å². The fraction of sp³-hybridized carbons (Fsp3) is 0.391. The lowest BCUT2D eigenvalue weighted by Crippen LogP contribution is -3.13. The van der Waals surface area contributed by atoms with Crippen molar-refractivity contribution in [3.05, 3.63) is 59.1 Å². The third-order valence-corrected chi connectivity index (χ3v) is 6.20. The van der Waals surface area contributed by atoms with Crippen LogP contribution in [0, 0.1) is 5.92 Å². The molecular weight excluding hydrogens is 382 g/mol. The quantitative estimate of drug-likeness (QED) is 0.680. The Balaban J connectivity index is 1.33. The van der Waals surface area contributed by atoms with Crippen molar-refractivity contribution in [1.82, 2.24) is 9.88 Å². The molecule has 3 aromatic rings. The second kappa shape index (κ2) is 8.93. The van der Waals surface area contributed by atoms with E-state index in [2.05, 4.69) is 32.0 Å². The van der Waals surface area contributed by atoms with E-state index in [-0.39, 0.29) is 5.91 Å². The van der Waals surface area contributed by atoms with Crippen LogP contribution in [0.5, 0.6) is 5.75 Å². The summed E-state index contributed by atoms with van der Waals surface area (Å²) in [5.41, 5.74) is 1.79. The number of ether oxygens (including phenoxy) is 1. The van der Waals surface area contributed by atoms with E-state index in [0.29, 0.717) is 18.1 Å². The first-order chi connectivity index (χ1) is 14.1. The molecule has 1 aliphatic rings. The molecule has 0 saturated carbocycles. The van der Waals surface area contributed by atoms with Gasteiger partial charge in [-0.2, -0.15) is 0 Å². The average Bonchev–Trinajstić information content (AvgIpc) is 3.15. The van der Waals surface area contributed by atoms with Crippen LogP contribution < -0.4 is 9.64 Å². The van der Waals surface area contributed by atoms with E-state index in [4.69, 9.17) is 9.72 Å². The Kier molecular flexibility index (Phi) is 6.11. The highest BCUT2D eigenvalue weighted by Crippen LogP contribution is 2.21. The Morgan fingerprint density at radius 3 is 2.72 bits per heavy atom. The molecule has 1 saturated heterocycles. The molecule has 5 nitrogen and oxygen atoms in total. The zero-order valence-corrected chi connectivity index (χ0v) is 17.9. The SMILES string of the molecule is CC(C)COc1cccc(C(=O)N2CC[NH+](Cc3nc4ccccc4s3)CC2)c1. The lowest BCUT2D eigenvalue weighted by molar-refractivity contribution is -0.917. The number of nitrogens with zero attached hydrogens (tertiary/aromatic N) is 2. The predicted octanol–water partition coefficient (Wildman–Crippen LogP) is 2.87. The summed E-state index contributed by atoms with van der Waals surface area (Å²) in [7, 11) is 0. The van der Waals surface area contributed by atoms with Gasteiger partial charge in [-0.05, 0) is 36.2 Å². The maximum Gasteiger partial charge on any atom is 0.254 e. The zero-order valence-electron chi connectivity index (χ0n) is 17.1. The van der Waals surface area contributed by atoms with Gasteiger partial charge in [0.05, 0.1) is 43.0 Å². The first kappa shape index (κ1) is 19.9. The number of carbonyl (C=O) groups excluding carboxylic acids is 1. The molecule has 1 aromatic heterocycles. The van der Waals surface area contributed by atoms with Gasteiger partial charge < -0.3 is 14.5 Å². The second-order valence-electron chi connectivity index (χ2n) is 8.03. The van der Waals surface area contributed by atoms with Crippen LogP contribution in [0.1, 0.15) is 29.2 Å². The summed E-state index contributed by atoms with van der Waals surface area (Å²) >= 11 is 1.78. The molecule has 29 heavy (non-hydrogen) atoms. The smallest absolute Gasteiger partial charge is 0.254 e. The maximum atomic E-state index is 12.9. The number of piperazine rings is 1. The van der Waals surface area contributed by atoms with E-state index in [1.807, 2.05) is 35.2 Å². The van der Waals surface area contributed by atoms with Crippen molar-refractivity contribution < 1.29 is 14.4 Å². The van der Waals surface area contributed by atoms with Crippen molar-refractivity contribution in [3.63, 3.8) is 0 Å². The Morgan fingerprint density at radius 1 is 1.17 bits per heavy atom. The molecule has 1 amide bonds. The van der Waals surface area contributed by atoms with Crippen molar-refractivity contribution in [3.8, 4) is 5.75 Å². The van der Waals surface area contributed by atoms with Crippen molar-refractivity contribution in [2.75, 3.05) is 32.8 Å². The number of aromatic nitrogens is 1. The summed E-state index contributed by atoms with van der Waals surface area (Å²) in [5.74, 6) is 1.32. The fourth-order valence-electron chi connectivity index (χ4n) is 3.58. The maximum absolute atomic E-state index is 12.9. The number of thiazole rings is 1. The average molecular weight is 411 g/mol. The highest BCUT2D eigenvalue weighted by molar-refractivity contribution is 7.18. The van der Waals surface area contributed by atoms with Gasteiger partial charge in [-0.3, -0.25) is 4.79 Å². The predicted molar refractivity (Wildman–Crippen MR) is 117 cm³/mol. The molecule has 152 valence electrons. The van der Waals surface area contributed by atoms with Crippen LogP contribution in [0.15, 0.2) is 48.5 Å². The van der Waals surface area contributed by atoms with Crippen molar-refractivity contribution in [2.45, 2.75) is 20.4 Å². The Hall–Kier alpha value is -2.44. The number of benzene rings is 2. The molecule has 0 atom stereocenters. The topological polar surface area (TPSA) is 46.9 Å². The summed E-state index contributed by atoms with van der Waals surface area (Å²) in [5, 5.41) is 1.18. The summed E-state index contributed by atoms with van der Waals surface area (Å²) in [6.07, 6.45) is 0. The van der Waals surface area contributed by atoms with Gasteiger partial charge in [0, 0.05) is 5.56 Å². The summed E-state index contributed by atoms with van der Waals surface area (Å²) < 4.78 is 7.02. The van der Waals surface area contributed by atoms with Gasteiger partial charge in [0.15, 0.2) is 0 Å². The highest BCUT2D eigenvalue weighted by Gasteiger charge is 2.25. The van der Waals surface area contributed by atoms with E-state index >= 15 is 0 Å². The van der Waals surface area contributed by atoms with Gasteiger partial charge in [-0.15, -0.1) is 11.3 Å². The number of para-hydroxylation sites is 1. The van der Waals surface area contributed by atoms with Crippen molar-refractivity contribution >= 4 is 27.5 Å². The van der Waals surface area contributed by atoms with E-state index in [0.717, 1.165) is 44.0 Å². The zero-order chi connectivity index (χ0) is 20.2. The molecule has 0 spiro atoms. The van der Waals surface area contributed by atoms with Gasteiger partial charge in [0.2, 0.25) is 0 Å². The summed E-state index contributed by atoms with van der Waals surface area (Å²) in [6, 6.07) is 15.9. The minimum atomic E-state index is 0.0963. The number of rotatable bonds is 6. The van der Waals surface area contributed by atoms with Crippen LogP contribution in [0.25, 0.3) is 10.2 Å². The lowest BCUT2D eigenvalue weighted by Gasteiger charge is -2.32. The Bertz CT molecular complexity index is 944. The van der Waals surface area contributed by atoms with Gasteiger partial charge in [-0.25, -0.2) is 4.98 Å². The first-order valence-corrected chi connectivity index (χ1v) is 11.1. The van der Waals surface area contributed by atoms with Crippen molar-refractivity contribution in [1.29, 1.82) is 0 Å². The minimum absolute atomic E-state index is 0.0963. The Morgan fingerprint density at radius 2 is 1.97 bits per heavy atom. The van der Waals surface area contributed by atoms with Gasteiger partial charge in [-0.1, -0.05) is 32.0 Å². The Labute approximate surface area is 175 Å². The van der Waals surface area contributed by atoms with Crippen molar-refractivity contribution in [2.24, 2.45) is 5.92 Å². The molecule has 1 N–H and O–H groups in total. The van der Waals surface area contributed by atoms with E-state index < -0.39 is 0 Å². The monoisotopic (exact) mass is 410 g/mol. The summed E-state index contributed by atoms with van der Waals surface area (Å²) in [6.45, 7) is 9.27. The molecule has 0 bridgehead atoms. The molecule has 0 unspecified atom stereocenters. The van der Waals surface area contributed by atoms with Gasteiger partial charge >= 0.3 is 0 Å². The number of quaternary nitrogens is 1. The van der Waals surface area contributed by atoms with Crippen LogP contribution >= 0.6 is 11.3 Å². The lowest BCUT2D eigenvalue weighted by atomic mass is 10.1. The first-order valence-electron chi connectivity index (χ1n) is 10.3. The van der Waals surface area contributed by atoms with Crippen LogP contribution in [0.4, 0.5) is 0 Å². The highest BCUT2D eigenvalue weighted by atomic mass is 32.1. The van der Waals surface area contributed by atoms with E-state index in [9.17, 15) is 4.79 Å². The van der Waals surface area contributed by atoms with Gasteiger partial charge in [0.1, 0.15) is 17.3 Å². The molecular formula is C23H28N3O2S+. The van der Waals surface area contributed by atoms with Crippen LogP contribution in [0.3, 0.4) is 0 Å². The molecule has 2 aromatic carbocycles.